The molecule has 0 saturated heterocycles. The van der Waals surface area contributed by atoms with E-state index in [9.17, 15) is 4.79 Å². The Labute approximate surface area is 116 Å². The normalized spacial score (nSPS) is 10.3. The number of hydrogen-bond acceptors (Lipinski definition) is 6. The second-order valence-electron chi connectivity index (χ2n) is 4.39. The maximum atomic E-state index is 12.1. The van der Waals surface area contributed by atoms with Gasteiger partial charge in [-0.1, -0.05) is 12.0 Å². The minimum Gasteiger partial charge on any atom is -0.408 e. The van der Waals surface area contributed by atoms with Crippen molar-refractivity contribution in [3.8, 4) is 0 Å². The average molecular weight is 275 g/mol. The van der Waals surface area contributed by atoms with Crippen molar-refractivity contribution in [1.82, 2.24) is 15.2 Å². The van der Waals surface area contributed by atoms with Gasteiger partial charge in [0.05, 0.1) is 0 Å². The quantitative estimate of drug-likeness (QED) is 0.868. The van der Waals surface area contributed by atoms with E-state index in [-0.39, 0.29) is 11.9 Å². The molecule has 2 rings (SSSR count). The highest BCUT2D eigenvalue weighted by atomic mass is 16.4. The van der Waals surface area contributed by atoms with Gasteiger partial charge in [-0.15, -0.1) is 5.10 Å². The highest BCUT2D eigenvalue weighted by Crippen LogP contribution is 2.13. The molecule has 0 atom stereocenters. The molecule has 0 spiro atoms. The molecule has 0 radical (unpaired) electrons. The Morgan fingerprint density at radius 1 is 1.30 bits per heavy atom. The van der Waals surface area contributed by atoms with Gasteiger partial charge in [-0.05, 0) is 25.5 Å². The van der Waals surface area contributed by atoms with Gasteiger partial charge in [0.1, 0.15) is 5.82 Å². The third-order valence-electron chi connectivity index (χ3n) is 2.52. The lowest BCUT2D eigenvalue weighted by atomic mass is 10.2. The van der Waals surface area contributed by atoms with Crippen molar-refractivity contribution in [2.45, 2.75) is 27.2 Å². The molecular weight excluding hydrogens is 258 g/mol. The monoisotopic (exact) mass is 275 g/mol. The first-order chi connectivity index (χ1) is 9.58. The van der Waals surface area contributed by atoms with Crippen LogP contribution in [-0.2, 0) is 0 Å². The molecule has 2 aromatic rings. The molecule has 1 amide bonds. The van der Waals surface area contributed by atoms with E-state index < -0.39 is 0 Å². The summed E-state index contributed by atoms with van der Waals surface area (Å²) in [5.74, 6) is 0.772. The van der Waals surface area contributed by atoms with Gasteiger partial charge in [0.15, 0.2) is 0 Å². The summed E-state index contributed by atoms with van der Waals surface area (Å²) in [4.78, 5) is 16.4. The summed E-state index contributed by atoms with van der Waals surface area (Å²) >= 11 is 0. The maximum Gasteiger partial charge on any atom is 0.322 e. The highest BCUT2D eigenvalue weighted by molar-refractivity contribution is 6.03. The molecule has 0 aliphatic carbocycles. The van der Waals surface area contributed by atoms with E-state index in [2.05, 4.69) is 32.7 Å². The van der Waals surface area contributed by atoms with E-state index in [1.807, 2.05) is 6.92 Å². The van der Waals surface area contributed by atoms with Crippen LogP contribution in [0.15, 0.2) is 16.5 Å². The molecule has 0 aliphatic rings. The van der Waals surface area contributed by atoms with Crippen LogP contribution in [0.3, 0.4) is 0 Å². The van der Waals surface area contributed by atoms with Crippen molar-refractivity contribution in [2.75, 3.05) is 17.2 Å². The second-order valence-corrected chi connectivity index (χ2v) is 4.39. The summed E-state index contributed by atoms with van der Waals surface area (Å²) in [6, 6.07) is 3.49. The van der Waals surface area contributed by atoms with Crippen LogP contribution in [0, 0.1) is 13.8 Å². The highest BCUT2D eigenvalue weighted by Gasteiger charge is 2.12. The van der Waals surface area contributed by atoms with Gasteiger partial charge in [-0.2, -0.15) is 0 Å². The predicted molar refractivity (Wildman–Crippen MR) is 74.7 cm³/mol. The molecule has 20 heavy (non-hydrogen) atoms. The molecule has 7 heteroatoms. The molecule has 0 saturated carbocycles. The summed E-state index contributed by atoms with van der Waals surface area (Å²) in [6.45, 7) is 6.37. The Morgan fingerprint density at radius 2 is 2.10 bits per heavy atom. The first kappa shape index (κ1) is 14.0. The van der Waals surface area contributed by atoms with Crippen molar-refractivity contribution in [3.63, 3.8) is 0 Å². The Hall–Kier alpha value is -2.44. The van der Waals surface area contributed by atoms with Crippen LogP contribution < -0.4 is 10.6 Å². The molecule has 0 aliphatic heterocycles. The van der Waals surface area contributed by atoms with Crippen LogP contribution in [-0.4, -0.2) is 27.6 Å². The predicted octanol–water partition coefficient (Wildman–Crippen LogP) is 2.16. The number of hydrogen-bond donors (Lipinski definition) is 2. The van der Waals surface area contributed by atoms with E-state index in [4.69, 9.17) is 4.42 Å². The Balaban J connectivity index is 2.14. The summed E-state index contributed by atoms with van der Waals surface area (Å²) in [6.07, 6.45) is 0.985. The largest absolute Gasteiger partial charge is 0.408 e. The van der Waals surface area contributed by atoms with Crippen molar-refractivity contribution in [3.05, 3.63) is 29.3 Å². The number of pyridine rings is 1. The Kier molecular flexibility index (Phi) is 4.29. The topological polar surface area (TPSA) is 92.9 Å². The molecule has 2 aromatic heterocycles. The third-order valence-corrected chi connectivity index (χ3v) is 2.52. The summed E-state index contributed by atoms with van der Waals surface area (Å²) in [5, 5.41) is 13.1. The molecule has 2 heterocycles. The number of nitrogens with zero attached hydrogens (tertiary/aromatic N) is 3. The first-order valence-corrected chi connectivity index (χ1v) is 6.42. The standard InChI is InChI=1S/C13H17N5O2/c1-4-5-14-11-7-10(6-8(2)15-11)12(19)16-13-18-17-9(3)20-13/h6-7H,4-5H2,1-3H3,(H,14,15)(H,16,18,19). The SMILES string of the molecule is CCCNc1cc(C(=O)Nc2nnc(C)o2)cc(C)n1. The van der Waals surface area contributed by atoms with Crippen LogP contribution in [0.5, 0.6) is 0 Å². The number of carbonyl (C=O) groups is 1. The number of amides is 1. The Morgan fingerprint density at radius 3 is 2.75 bits per heavy atom. The lowest BCUT2D eigenvalue weighted by molar-refractivity contribution is 0.102. The number of aromatic nitrogens is 3. The smallest absolute Gasteiger partial charge is 0.322 e. The zero-order valence-corrected chi connectivity index (χ0v) is 11.7. The van der Waals surface area contributed by atoms with Crippen LogP contribution in [0.2, 0.25) is 0 Å². The average Bonchev–Trinajstić information content (AvgIpc) is 2.81. The van der Waals surface area contributed by atoms with Gasteiger partial charge in [0.2, 0.25) is 5.89 Å². The van der Waals surface area contributed by atoms with Gasteiger partial charge < -0.3 is 9.73 Å². The molecule has 7 nitrogen and oxygen atoms in total. The number of nitrogens with one attached hydrogen (secondary N) is 2. The fraction of sp³-hybridized carbons (Fsp3) is 0.385. The zero-order valence-electron chi connectivity index (χ0n) is 11.7. The van der Waals surface area contributed by atoms with Gasteiger partial charge >= 0.3 is 6.01 Å². The second kappa shape index (κ2) is 6.14. The zero-order chi connectivity index (χ0) is 14.5. The summed E-state index contributed by atoms with van der Waals surface area (Å²) in [5.41, 5.74) is 1.25. The van der Waals surface area contributed by atoms with Gasteiger partial charge in [0, 0.05) is 24.7 Å². The molecule has 0 fully saturated rings. The molecule has 106 valence electrons. The molecule has 2 N–H and O–H groups in total. The molecule has 0 bridgehead atoms. The third kappa shape index (κ3) is 3.53. The van der Waals surface area contributed by atoms with E-state index in [1.54, 1.807) is 19.1 Å². The summed E-state index contributed by atoms with van der Waals surface area (Å²) < 4.78 is 5.12. The van der Waals surface area contributed by atoms with Crippen molar-refractivity contribution < 1.29 is 9.21 Å². The Bertz CT molecular complexity index is 609. The van der Waals surface area contributed by atoms with Gasteiger partial charge in [-0.25, -0.2) is 4.98 Å². The van der Waals surface area contributed by atoms with Crippen LogP contribution in [0.25, 0.3) is 0 Å². The number of carbonyl (C=O) groups excluding carboxylic acids is 1. The molecule has 0 aromatic carbocycles. The molecule has 0 unspecified atom stereocenters. The maximum absolute atomic E-state index is 12.1. The van der Waals surface area contributed by atoms with E-state index in [0.29, 0.717) is 17.3 Å². The van der Waals surface area contributed by atoms with Crippen molar-refractivity contribution in [1.29, 1.82) is 0 Å². The van der Waals surface area contributed by atoms with Crippen LogP contribution in [0.1, 0.15) is 35.3 Å². The minimum absolute atomic E-state index is 0.0880. The lowest BCUT2D eigenvalue weighted by Gasteiger charge is -2.07. The number of rotatable bonds is 5. The van der Waals surface area contributed by atoms with Gasteiger partial charge in [0.25, 0.3) is 5.91 Å². The summed E-state index contributed by atoms with van der Waals surface area (Å²) in [7, 11) is 0. The van der Waals surface area contributed by atoms with Gasteiger partial charge in [-0.3, -0.25) is 10.1 Å². The van der Waals surface area contributed by atoms with E-state index >= 15 is 0 Å². The van der Waals surface area contributed by atoms with Crippen molar-refractivity contribution >= 4 is 17.7 Å². The lowest BCUT2D eigenvalue weighted by Crippen LogP contribution is -2.14. The van der Waals surface area contributed by atoms with E-state index in [1.165, 1.54) is 0 Å². The fourth-order valence-electron chi connectivity index (χ4n) is 1.66. The minimum atomic E-state index is -0.307. The number of aryl methyl sites for hydroxylation is 2. The van der Waals surface area contributed by atoms with Crippen LogP contribution >= 0.6 is 0 Å². The van der Waals surface area contributed by atoms with Crippen molar-refractivity contribution in [2.24, 2.45) is 0 Å². The van der Waals surface area contributed by atoms with E-state index in [0.717, 1.165) is 18.7 Å². The first-order valence-electron chi connectivity index (χ1n) is 6.42. The molecular formula is C13H17N5O2. The van der Waals surface area contributed by atoms with Crippen LogP contribution in [0.4, 0.5) is 11.8 Å². The fourth-order valence-corrected chi connectivity index (χ4v) is 1.66. The number of anilines is 2.